The highest BCUT2D eigenvalue weighted by molar-refractivity contribution is 7.89. The fourth-order valence-electron chi connectivity index (χ4n) is 2.47. The molecule has 9 heteroatoms. The summed E-state index contributed by atoms with van der Waals surface area (Å²) in [5, 5.41) is 3.38. The zero-order valence-corrected chi connectivity index (χ0v) is 18.4. The van der Waals surface area contributed by atoms with Crippen molar-refractivity contribution >= 4 is 27.5 Å². The topological polar surface area (TPSA) is 84.9 Å². The number of benzene rings is 2. The van der Waals surface area contributed by atoms with Crippen LogP contribution in [0.4, 0.5) is 0 Å². The number of nitrogens with one attached hydrogen (secondary N) is 1. The average Bonchev–Trinajstić information content (AvgIpc) is 2.68. The largest absolute Gasteiger partial charge is 0.492 e. The number of halogens is 1. The highest BCUT2D eigenvalue weighted by Crippen LogP contribution is 2.25. The molecule has 0 aliphatic carbocycles. The molecule has 0 aromatic heterocycles. The molecule has 0 radical (unpaired) electrons. The first-order chi connectivity index (χ1) is 13.6. The molecule has 0 saturated carbocycles. The normalized spacial score (nSPS) is 11.4. The third kappa shape index (κ3) is 6.35. The smallest absolute Gasteiger partial charge is 0.258 e. The van der Waals surface area contributed by atoms with Crippen LogP contribution in [0.15, 0.2) is 41.3 Å². The molecule has 0 fully saturated rings. The average molecular weight is 441 g/mol. The van der Waals surface area contributed by atoms with Crippen molar-refractivity contribution in [3.05, 3.63) is 52.5 Å². The van der Waals surface area contributed by atoms with Gasteiger partial charge < -0.3 is 14.8 Å². The van der Waals surface area contributed by atoms with Gasteiger partial charge in [-0.15, -0.1) is 0 Å². The lowest BCUT2D eigenvalue weighted by atomic mass is 10.1. The summed E-state index contributed by atoms with van der Waals surface area (Å²) in [4.78, 5) is 12.1. The molecule has 0 aliphatic heterocycles. The maximum absolute atomic E-state index is 12.0. The first-order valence-electron chi connectivity index (χ1n) is 8.93. The second-order valence-corrected chi connectivity index (χ2v) is 9.15. The Kier molecular flexibility index (Phi) is 7.89. The van der Waals surface area contributed by atoms with Crippen molar-refractivity contribution in [1.82, 2.24) is 9.62 Å². The number of aryl methyl sites for hydroxylation is 2. The van der Waals surface area contributed by atoms with Gasteiger partial charge in [0, 0.05) is 19.1 Å². The number of ether oxygens (including phenoxy) is 2. The van der Waals surface area contributed by atoms with Gasteiger partial charge in [-0.2, -0.15) is 0 Å². The third-order valence-corrected chi connectivity index (χ3v) is 6.50. The van der Waals surface area contributed by atoms with Crippen molar-refractivity contribution < 1.29 is 22.7 Å². The number of amides is 1. The molecule has 2 aromatic carbocycles. The molecule has 2 aromatic rings. The molecule has 0 aliphatic rings. The van der Waals surface area contributed by atoms with E-state index in [0.717, 1.165) is 15.4 Å². The van der Waals surface area contributed by atoms with Gasteiger partial charge in [-0.1, -0.05) is 11.6 Å². The number of nitrogens with zero attached hydrogens (tertiary/aromatic N) is 1. The molecule has 2 rings (SSSR count). The number of carbonyl (C=O) groups is 1. The molecule has 0 spiro atoms. The molecule has 0 saturated heterocycles. The monoisotopic (exact) mass is 440 g/mol. The molecule has 29 heavy (non-hydrogen) atoms. The van der Waals surface area contributed by atoms with Gasteiger partial charge in [-0.3, -0.25) is 4.79 Å². The second-order valence-electron chi connectivity index (χ2n) is 6.62. The van der Waals surface area contributed by atoms with Crippen molar-refractivity contribution in [3.8, 4) is 11.5 Å². The second kappa shape index (κ2) is 9.96. The molecule has 7 nitrogen and oxygen atoms in total. The van der Waals surface area contributed by atoms with Crippen LogP contribution in [-0.4, -0.2) is 52.5 Å². The number of hydrogen-bond acceptors (Lipinski definition) is 5. The van der Waals surface area contributed by atoms with Crippen LogP contribution >= 0.6 is 11.6 Å². The molecule has 1 amide bonds. The van der Waals surface area contributed by atoms with Crippen LogP contribution in [-0.2, 0) is 14.8 Å². The van der Waals surface area contributed by atoms with Gasteiger partial charge in [-0.05, 0) is 61.4 Å². The molecular weight excluding hydrogens is 416 g/mol. The first-order valence-corrected chi connectivity index (χ1v) is 10.7. The predicted octanol–water partition coefficient (Wildman–Crippen LogP) is 2.78. The first kappa shape index (κ1) is 23.0. The lowest BCUT2D eigenvalue weighted by molar-refractivity contribution is -0.123. The maximum atomic E-state index is 12.0. The zero-order chi connectivity index (χ0) is 21.6. The van der Waals surface area contributed by atoms with Crippen LogP contribution in [0.2, 0.25) is 5.02 Å². The van der Waals surface area contributed by atoms with Gasteiger partial charge in [0.15, 0.2) is 6.61 Å². The Bertz CT molecular complexity index is 936. The zero-order valence-electron chi connectivity index (χ0n) is 16.9. The van der Waals surface area contributed by atoms with Gasteiger partial charge in [0.1, 0.15) is 18.1 Å². The standard InChI is InChI=1S/C20H25ClN2O5S/c1-14-11-17(12-15(2)20(14)21)28-13-19(24)22-9-10-27-16-5-7-18(8-6-16)29(25,26)23(3)4/h5-8,11-12H,9-10,13H2,1-4H3,(H,22,24). The van der Waals surface area contributed by atoms with E-state index in [1.807, 2.05) is 13.8 Å². The minimum absolute atomic E-state index is 0.113. The van der Waals surface area contributed by atoms with Gasteiger partial charge in [0.05, 0.1) is 11.4 Å². The van der Waals surface area contributed by atoms with Crippen LogP contribution in [0.3, 0.4) is 0 Å². The summed E-state index contributed by atoms with van der Waals surface area (Å²) in [6, 6.07) is 9.68. The number of carbonyl (C=O) groups excluding carboxylic acids is 1. The van der Waals surface area contributed by atoms with Gasteiger partial charge in [-0.25, -0.2) is 12.7 Å². The lowest BCUT2D eigenvalue weighted by Crippen LogP contribution is -2.32. The summed E-state index contributed by atoms with van der Waals surface area (Å²) < 4.78 is 36.2. The molecule has 0 bridgehead atoms. The van der Waals surface area contributed by atoms with E-state index in [1.165, 1.54) is 26.2 Å². The lowest BCUT2D eigenvalue weighted by Gasteiger charge is -2.12. The summed E-state index contributed by atoms with van der Waals surface area (Å²) in [6.45, 7) is 4.17. The van der Waals surface area contributed by atoms with E-state index in [-0.39, 0.29) is 24.0 Å². The minimum Gasteiger partial charge on any atom is -0.492 e. The molecule has 0 atom stereocenters. The van der Waals surface area contributed by atoms with E-state index in [4.69, 9.17) is 21.1 Å². The summed E-state index contributed by atoms with van der Waals surface area (Å²) in [6.07, 6.45) is 0. The third-order valence-electron chi connectivity index (χ3n) is 4.08. The fraction of sp³-hybridized carbons (Fsp3) is 0.350. The predicted molar refractivity (Wildman–Crippen MR) is 112 cm³/mol. The van der Waals surface area contributed by atoms with Crippen LogP contribution in [0.5, 0.6) is 11.5 Å². The van der Waals surface area contributed by atoms with Gasteiger partial charge in [0.2, 0.25) is 10.0 Å². The Morgan fingerprint density at radius 3 is 2.17 bits per heavy atom. The van der Waals surface area contributed by atoms with E-state index in [0.29, 0.717) is 23.1 Å². The molecule has 0 heterocycles. The van der Waals surface area contributed by atoms with Crippen molar-refractivity contribution in [2.24, 2.45) is 0 Å². The van der Waals surface area contributed by atoms with E-state index >= 15 is 0 Å². The molecule has 0 unspecified atom stereocenters. The SMILES string of the molecule is Cc1cc(OCC(=O)NCCOc2ccc(S(=O)(=O)N(C)C)cc2)cc(C)c1Cl. The highest BCUT2D eigenvalue weighted by Gasteiger charge is 2.16. The van der Waals surface area contributed by atoms with E-state index in [9.17, 15) is 13.2 Å². The van der Waals surface area contributed by atoms with E-state index in [2.05, 4.69) is 5.32 Å². The Morgan fingerprint density at radius 1 is 1.03 bits per heavy atom. The van der Waals surface area contributed by atoms with Gasteiger partial charge >= 0.3 is 0 Å². The summed E-state index contributed by atoms with van der Waals surface area (Å²) >= 11 is 6.11. The quantitative estimate of drug-likeness (QED) is 0.606. The number of sulfonamides is 1. The Labute approximate surface area is 176 Å². The van der Waals surface area contributed by atoms with E-state index < -0.39 is 10.0 Å². The molecular formula is C20H25ClN2O5S. The molecule has 1 N–H and O–H groups in total. The summed E-state index contributed by atoms with van der Waals surface area (Å²) in [5.74, 6) is 0.829. The maximum Gasteiger partial charge on any atom is 0.258 e. The van der Waals surface area contributed by atoms with E-state index in [1.54, 1.807) is 24.3 Å². The Morgan fingerprint density at radius 2 is 1.62 bits per heavy atom. The van der Waals surface area contributed by atoms with Crippen LogP contribution in [0.25, 0.3) is 0 Å². The van der Waals surface area contributed by atoms with Gasteiger partial charge in [0.25, 0.3) is 5.91 Å². The van der Waals surface area contributed by atoms with Crippen molar-refractivity contribution in [3.63, 3.8) is 0 Å². The highest BCUT2D eigenvalue weighted by atomic mass is 35.5. The molecule has 158 valence electrons. The van der Waals surface area contributed by atoms with Crippen LogP contribution in [0.1, 0.15) is 11.1 Å². The minimum atomic E-state index is -3.47. The Balaban J connectivity index is 1.74. The summed E-state index contributed by atoms with van der Waals surface area (Å²) in [5.41, 5.74) is 1.78. The number of hydrogen-bond donors (Lipinski definition) is 1. The van der Waals surface area contributed by atoms with Crippen LogP contribution in [0, 0.1) is 13.8 Å². The Hall–Kier alpha value is -2.29. The summed E-state index contributed by atoms with van der Waals surface area (Å²) in [7, 11) is -0.520. The number of rotatable bonds is 9. The van der Waals surface area contributed by atoms with Crippen LogP contribution < -0.4 is 14.8 Å². The van der Waals surface area contributed by atoms with Crippen molar-refractivity contribution in [2.75, 3.05) is 33.9 Å². The van der Waals surface area contributed by atoms with Crippen molar-refractivity contribution in [2.45, 2.75) is 18.7 Å². The van der Waals surface area contributed by atoms with Crippen molar-refractivity contribution in [1.29, 1.82) is 0 Å². The fourth-order valence-corrected chi connectivity index (χ4v) is 3.48.